The van der Waals surface area contributed by atoms with Crippen LogP contribution in [0.25, 0.3) is 53.6 Å². The average Bonchev–Trinajstić information content (AvgIpc) is 3.57. The van der Waals surface area contributed by atoms with E-state index in [1.54, 1.807) is 0 Å². The fourth-order valence-corrected chi connectivity index (χ4v) is 8.02. The maximum Gasteiger partial charge on any atom is 0.0519 e. The van der Waals surface area contributed by atoms with Crippen molar-refractivity contribution in [1.82, 2.24) is 0 Å². The quantitative estimate of drug-likeness (QED) is 0.132. The second-order valence-corrected chi connectivity index (χ2v) is 13.9. The van der Waals surface area contributed by atoms with Crippen molar-refractivity contribution < 1.29 is 0 Å². The number of benzene rings is 7. The number of hydrogen-bond acceptors (Lipinski definition) is 2. The minimum atomic E-state index is 0.212. The Balaban J connectivity index is 1.07. The van der Waals surface area contributed by atoms with E-state index in [1.165, 1.54) is 70.5 Å². The fourth-order valence-electron chi connectivity index (χ4n) is 6.93. The molecule has 0 aliphatic carbocycles. The molecule has 8 aromatic rings. The van der Waals surface area contributed by atoms with Crippen LogP contribution in [0.4, 0.5) is 11.4 Å². The van der Waals surface area contributed by atoms with Gasteiger partial charge in [0, 0.05) is 31.5 Å². The number of rotatable bonds is 10. The van der Waals surface area contributed by atoms with Crippen molar-refractivity contribution in [2.45, 2.75) is 25.8 Å². The molecule has 1 heterocycles. The van der Waals surface area contributed by atoms with Gasteiger partial charge in [0.1, 0.15) is 0 Å². The lowest BCUT2D eigenvalue weighted by atomic mass is 9.98. The molecule has 1 nitrogen and oxygen atoms in total. The summed E-state index contributed by atoms with van der Waals surface area (Å²) in [6, 6.07) is 64.2. The predicted octanol–water partition coefficient (Wildman–Crippen LogP) is 13.8. The second kappa shape index (κ2) is 14.4. The third-order valence-corrected chi connectivity index (χ3v) is 10.8. The van der Waals surface area contributed by atoms with Crippen molar-refractivity contribution in [1.29, 1.82) is 0 Å². The summed E-state index contributed by atoms with van der Waals surface area (Å²) in [5.74, 6) is 0. The van der Waals surface area contributed by atoms with Gasteiger partial charge in [-0.1, -0.05) is 153 Å². The van der Waals surface area contributed by atoms with Crippen LogP contribution in [0.15, 0.2) is 188 Å². The molecule has 0 aliphatic heterocycles. The molecular weight excluding hydrogens is 623 g/mol. The van der Waals surface area contributed by atoms with E-state index < -0.39 is 0 Å². The molecular formula is C48H39NS. The Morgan fingerprint density at radius 3 is 1.58 bits per heavy atom. The molecule has 50 heavy (non-hydrogen) atoms. The molecule has 2 heteroatoms. The normalized spacial score (nSPS) is 12.1. The Morgan fingerprint density at radius 1 is 0.480 bits per heavy atom. The van der Waals surface area contributed by atoms with Gasteiger partial charge >= 0.3 is 0 Å². The van der Waals surface area contributed by atoms with Gasteiger partial charge in [-0.2, -0.15) is 0 Å². The van der Waals surface area contributed by atoms with Crippen LogP contribution in [-0.4, -0.2) is 6.04 Å². The van der Waals surface area contributed by atoms with Crippen molar-refractivity contribution in [3.8, 4) is 33.4 Å². The van der Waals surface area contributed by atoms with Crippen LogP contribution >= 0.6 is 11.3 Å². The van der Waals surface area contributed by atoms with E-state index in [-0.39, 0.29) is 6.04 Å². The Hall–Kier alpha value is -5.70. The lowest BCUT2D eigenvalue weighted by molar-refractivity contribution is 0.747. The van der Waals surface area contributed by atoms with Crippen molar-refractivity contribution in [3.63, 3.8) is 0 Å². The summed E-state index contributed by atoms with van der Waals surface area (Å²) >= 11 is 1.87. The zero-order valence-corrected chi connectivity index (χ0v) is 29.1. The maximum absolute atomic E-state index is 2.48. The Kier molecular flexibility index (Phi) is 9.10. The first-order valence-electron chi connectivity index (χ1n) is 17.5. The summed E-state index contributed by atoms with van der Waals surface area (Å²) in [5.41, 5.74) is 11.1. The molecule has 0 aliphatic rings. The van der Waals surface area contributed by atoms with E-state index >= 15 is 0 Å². The molecule has 1 unspecified atom stereocenters. The molecule has 1 aromatic heterocycles. The average molecular weight is 662 g/mol. The highest BCUT2D eigenvalue weighted by molar-refractivity contribution is 7.25. The van der Waals surface area contributed by atoms with E-state index in [2.05, 4.69) is 200 Å². The molecule has 7 aromatic carbocycles. The second-order valence-electron chi connectivity index (χ2n) is 12.8. The summed E-state index contributed by atoms with van der Waals surface area (Å²) in [5, 5.41) is 2.67. The molecule has 8 rings (SSSR count). The molecule has 0 N–H and O–H groups in total. The van der Waals surface area contributed by atoms with E-state index in [0.717, 1.165) is 12.8 Å². The van der Waals surface area contributed by atoms with Crippen LogP contribution < -0.4 is 4.90 Å². The topological polar surface area (TPSA) is 3.24 Å². The Bertz CT molecular complexity index is 2350. The SMILES string of the molecule is CCC(/C=C\Cc1ccccc1)N(c1ccc(-c2ccccc2)cc1)c1ccc(-c2ccc(-c3ccc4sc5ccccc5c4c3)cc2)cc1. The predicted molar refractivity (Wildman–Crippen MR) is 218 cm³/mol. The van der Waals surface area contributed by atoms with Gasteiger partial charge in [0.15, 0.2) is 0 Å². The number of fused-ring (bicyclic) bond motifs is 3. The number of anilines is 2. The highest BCUT2D eigenvalue weighted by atomic mass is 32.1. The number of allylic oxidation sites excluding steroid dienone is 1. The molecule has 242 valence electrons. The van der Waals surface area contributed by atoms with E-state index in [9.17, 15) is 0 Å². The lowest BCUT2D eigenvalue weighted by Crippen LogP contribution is -2.28. The van der Waals surface area contributed by atoms with Gasteiger partial charge in [0.2, 0.25) is 0 Å². The van der Waals surface area contributed by atoms with Gasteiger partial charge in [0.05, 0.1) is 6.04 Å². The number of hydrogen-bond donors (Lipinski definition) is 0. The minimum Gasteiger partial charge on any atom is -0.335 e. The molecule has 0 bridgehead atoms. The van der Waals surface area contributed by atoms with Crippen molar-refractivity contribution >= 4 is 42.9 Å². The van der Waals surface area contributed by atoms with Crippen LogP contribution in [0.5, 0.6) is 0 Å². The van der Waals surface area contributed by atoms with Gasteiger partial charge in [-0.3, -0.25) is 0 Å². The minimum absolute atomic E-state index is 0.212. The standard InChI is InChI=1S/C48H39NS/c1-2-42(17-11-14-35-12-5-3-6-13-35)49(43-29-24-38(25-30-43)36-15-7-4-8-16-36)44-31-26-39(27-32-44)37-20-22-40(23-21-37)41-28-33-48-46(34-41)45-18-9-10-19-47(45)50-48/h3-13,15-34,42H,2,14H2,1H3/b17-11-. The first kappa shape index (κ1) is 31.6. The molecule has 0 saturated carbocycles. The van der Waals surface area contributed by atoms with Crippen LogP contribution in [0, 0.1) is 0 Å². The molecule has 1 atom stereocenters. The van der Waals surface area contributed by atoms with E-state index in [4.69, 9.17) is 0 Å². The summed E-state index contributed by atoms with van der Waals surface area (Å²) in [6.45, 7) is 2.28. The van der Waals surface area contributed by atoms with Gasteiger partial charge < -0.3 is 4.90 Å². The van der Waals surface area contributed by atoms with E-state index in [0.29, 0.717) is 0 Å². The monoisotopic (exact) mass is 661 g/mol. The van der Waals surface area contributed by atoms with Crippen LogP contribution in [0.2, 0.25) is 0 Å². The number of thiophene rings is 1. The van der Waals surface area contributed by atoms with Crippen molar-refractivity contribution in [3.05, 3.63) is 194 Å². The van der Waals surface area contributed by atoms with Gasteiger partial charge in [-0.25, -0.2) is 0 Å². The largest absolute Gasteiger partial charge is 0.335 e. The van der Waals surface area contributed by atoms with Crippen molar-refractivity contribution in [2.75, 3.05) is 4.90 Å². The summed E-state index contributed by atoms with van der Waals surface area (Å²) in [6.07, 6.45) is 6.61. The van der Waals surface area contributed by atoms with Crippen LogP contribution in [-0.2, 0) is 6.42 Å². The third-order valence-electron chi connectivity index (χ3n) is 9.63. The highest BCUT2D eigenvalue weighted by Gasteiger charge is 2.18. The molecule has 0 amide bonds. The summed E-state index contributed by atoms with van der Waals surface area (Å²) in [4.78, 5) is 2.48. The Morgan fingerprint density at radius 2 is 0.960 bits per heavy atom. The number of nitrogens with zero attached hydrogens (tertiary/aromatic N) is 1. The fraction of sp³-hybridized carbons (Fsp3) is 0.0833. The molecule has 0 radical (unpaired) electrons. The third kappa shape index (κ3) is 6.63. The van der Waals surface area contributed by atoms with Crippen LogP contribution in [0.1, 0.15) is 18.9 Å². The summed E-state index contributed by atoms with van der Waals surface area (Å²) < 4.78 is 2.68. The zero-order valence-electron chi connectivity index (χ0n) is 28.2. The lowest BCUT2D eigenvalue weighted by Gasteiger charge is -2.32. The van der Waals surface area contributed by atoms with Crippen molar-refractivity contribution in [2.24, 2.45) is 0 Å². The first-order valence-corrected chi connectivity index (χ1v) is 18.3. The van der Waals surface area contributed by atoms with Gasteiger partial charge in [0.25, 0.3) is 0 Å². The first-order chi connectivity index (χ1) is 24.7. The molecule has 0 spiro atoms. The Labute approximate surface area is 299 Å². The smallest absolute Gasteiger partial charge is 0.0519 e. The zero-order chi connectivity index (χ0) is 33.7. The highest BCUT2D eigenvalue weighted by Crippen LogP contribution is 2.37. The maximum atomic E-state index is 2.48. The summed E-state index contributed by atoms with van der Waals surface area (Å²) in [7, 11) is 0. The van der Waals surface area contributed by atoms with Crippen LogP contribution in [0.3, 0.4) is 0 Å². The molecule has 0 fully saturated rings. The molecule has 0 saturated heterocycles. The van der Waals surface area contributed by atoms with Gasteiger partial charge in [-0.05, 0) is 94.3 Å². The van der Waals surface area contributed by atoms with E-state index in [1.807, 2.05) is 11.3 Å². The van der Waals surface area contributed by atoms with Gasteiger partial charge in [-0.15, -0.1) is 11.3 Å².